The van der Waals surface area contributed by atoms with Gasteiger partial charge in [0.05, 0.1) is 18.9 Å². The molecule has 3 fully saturated rings. The number of likely N-dealkylation sites (tertiary alicyclic amines) is 1. The molecule has 0 unspecified atom stereocenters. The standard InChI is InChI=1S/C23H29N5O2/c29-23(21-13-24-8-9-25-21)27-10-6-18(7-11-27)26-19-12-20-16-30-22(15-28(20)14-19)17-4-2-1-3-5-17/h1-5,8-9,13,18-20,22,26H,6-7,10-12,14-16H2/t19-,20+,22-/m1/s1. The average Bonchev–Trinajstić information content (AvgIpc) is 3.22. The summed E-state index contributed by atoms with van der Waals surface area (Å²) >= 11 is 0. The van der Waals surface area contributed by atoms with E-state index in [2.05, 4.69) is 50.5 Å². The quantitative estimate of drug-likeness (QED) is 0.835. The van der Waals surface area contributed by atoms with Gasteiger partial charge in [0.2, 0.25) is 0 Å². The molecule has 0 saturated carbocycles. The van der Waals surface area contributed by atoms with Crippen LogP contribution in [0, 0.1) is 0 Å². The lowest BCUT2D eigenvalue weighted by Gasteiger charge is -2.35. The lowest BCUT2D eigenvalue weighted by molar-refractivity contribution is -0.0502. The molecule has 7 nitrogen and oxygen atoms in total. The first kappa shape index (κ1) is 19.6. The van der Waals surface area contributed by atoms with E-state index in [1.54, 1.807) is 18.6 Å². The molecule has 1 aromatic heterocycles. The number of carbonyl (C=O) groups excluding carboxylic acids is 1. The molecule has 2 aromatic rings. The second-order valence-corrected chi connectivity index (χ2v) is 8.60. The number of piperidine rings is 1. The highest BCUT2D eigenvalue weighted by Crippen LogP contribution is 2.30. The molecule has 3 aliphatic rings. The maximum Gasteiger partial charge on any atom is 0.274 e. The van der Waals surface area contributed by atoms with Crippen LogP contribution in [0.4, 0.5) is 0 Å². The van der Waals surface area contributed by atoms with Gasteiger partial charge in [-0.2, -0.15) is 0 Å². The van der Waals surface area contributed by atoms with Crippen molar-refractivity contribution < 1.29 is 9.53 Å². The molecule has 3 atom stereocenters. The highest BCUT2D eigenvalue weighted by molar-refractivity contribution is 5.92. The zero-order valence-electron chi connectivity index (χ0n) is 17.2. The second-order valence-electron chi connectivity index (χ2n) is 8.60. The van der Waals surface area contributed by atoms with Crippen LogP contribution < -0.4 is 5.32 Å². The predicted molar refractivity (Wildman–Crippen MR) is 113 cm³/mol. The van der Waals surface area contributed by atoms with E-state index in [-0.39, 0.29) is 12.0 Å². The molecule has 1 N–H and O–H groups in total. The van der Waals surface area contributed by atoms with E-state index >= 15 is 0 Å². The number of hydrogen-bond acceptors (Lipinski definition) is 6. The van der Waals surface area contributed by atoms with Gasteiger partial charge in [-0.05, 0) is 24.8 Å². The van der Waals surface area contributed by atoms with Gasteiger partial charge in [0, 0.05) is 56.7 Å². The molecule has 7 heteroatoms. The summed E-state index contributed by atoms with van der Waals surface area (Å²) in [5, 5.41) is 3.86. The maximum absolute atomic E-state index is 12.6. The number of rotatable bonds is 4. The average molecular weight is 408 g/mol. The van der Waals surface area contributed by atoms with Crippen LogP contribution in [-0.2, 0) is 4.74 Å². The van der Waals surface area contributed by atoms with Gasteiger partial charge in [-0.1, -0.05) is 30.3 Å². The largest absolute Gasteiger partial charge is 0.371 e. The smallest absolute Gasteiger partial charge is 0.274 e. The van der Waals surface area contributed by atoms with Crippen molar-refractivity contribution in [3.63, 3.8) is 0 Å². The van der Waals surface area contributed by atoms with Crippen LogP contribution >= 0.6 is 0 Å². The number of ether oxygens (including phenoxy) is 1. The molecule has 1 amide bonds. The van der Waals surface area contributed by atoms with E-state index < -0.39 is 0 Å². The van der Waals surface area contributed by atoms with Crippen molar-refractivity contribution in [3.05, 3.63) is 60.2 Å². The topological polar surface area (TPSA) is 70.6 Å². The van der Waals surface area contributed by atoms with E-state index in [1.165, 1.54) is 5.56 Å². The Kier molecular flexibility index (Phi) is 5.75. The molecule has 0 radical (unpaired) electrons. The Morgan fingerprint density at radius 2 is 1.90 bits per heavy atom. The number of carbonyl (C=O) groups is 1. The molecule has 4 heterocycles. The predicted octanol–water partition coefficient (Wildman–Crippen LogP) is 1.89. The van der Waals surface area contributed by atoms with E-state index in [4.69, 9.17) is 4.74 Å². The number of morpholine rings is 1. The van der Waals surface area contributed by atoms with Crippen molar-refractivity contribution in [1.82, 2.24) is 25.1 Å². The number of nitrogens with zero attached hydrogens (tertiary/aromatic N) is 4. The highest BCUT2D eigenvalue weighted by Gasteiger charge is 2.38. The molecule has 0 spiro atoms. The molecule has 3 aliphatic heterocycles. The van der Waals surface area contributed by atoms with Crippen molar-refractivity contribution in [2.45, 2.75) is 43.5 Å². The van der Waals surface area contributed by atoms with Gasteiger partial charge in [-0.25, -0.2) is 4.98 Å². The Balaban J connectivity index is 1.10. The van der Waals surface area contributed by atoms with Gasteiger partial charge >= 0.3 is 0 Å². The first-order chi connectivity index (χ1) is 14.8. The monoisotopic (exact) mass is 407 g/mol. The van der Waals surface area contributed by atoms with Gasteiger partial charge in [0.25, 0.3) is 5.91 Å². The molecule has 0 aliphatic carbocycles. The summed E-state index contributed by atoms with van der Waals surface area (Å²) in [6.07, 6.45) is 7.99. The lowest BCUT2D eigenvalue weighted by atomic mass is 10.0. The number of benzene rings is 1. The molecular weight excluding hydrogens is 378 g/mol. The fourth-order valence-corrected chi connectivity index (χ4v) is 5.02. The maximum atomic E-state index is 12.6. The van der Waals surface area contributed by atoms with Gasteiger partial charge in [-0.15, -0.1) is 0 Å². The Morgan fingerprint density at radius 3 is 2.67 bits per heavy atom. The van der Waals surface area contributed by atoms with Crippen LogP contribution in [0.15, 0.2) is 48.9 Å². The highest BCUT2D eigenvalue weighted by atomic mass is 16.5. The summed E-state index contributed by atoms with van der Waals surface area (Å²) in [5.74, 6) is -0.0105. The Bertz CT molecular complexity index is 841. The normalized spacial score (nSPS) is 27.7. The minimum atomic E-state index is -0.0105. The molecule has 30 heavy (non-hydrogen) atoms. The molecule has 5 rings (SSSR count). The zero-order valence-corrected chi connectivity index (χ0v) is 17.2. The Morgan fingerprint density at radius 1 is 1.07 bits per heavy atom. The van der Waals surface area contributed by atoms with Crippen LogP contribution in [0.2, 0.25) is 0 Å². The number of nitrogens with one attached hydrogen (secondary N) is 1. The van der Waals surface area contributed by atoms with Crippen LogP contribution in [-0.4, -0.2) is 76.6 Å². The third-order valence-corrected chi connectivity index (χ3v) is 6.63. The van der Waals surface area contributed by atoms with Gasteiger partial charge in [0.15, 0.2) is 0 Å². The van der Waals surface area contributed by atoms with Crippen molar-refractivity contribution in [2.75, 3.05) is 32.8 Å². The SMILES string of the molecule is O=C(c1cnccn1)N1CCC(N[C@@H]2C[C@H]3CO[C@@H](c4ccccc4)CN3C2)CC1. The van der Waals surface area contributed by atoms with Crippen LogP contribution in [0.25, 0.3) is 0 Å². The molecule has 158 valence electrons. The number of amides is 1. The number of fused-ring (bicyclic) bond motifs is 1. The Hall–Kier alpha value is -2.35. The van der Waals surface area contributed by atoms with Gasteiger partial charge in [-0.3, -0.25) is 14.7 Å². The minimum absolute atomic E-state index is 0.0105. The van der Waals surface area contributed by atoms with Crippen LogP contribution in [0.5, 0.6) is 0 Å². The lowest BCUT2D eigenvalue weighted by Crippen LogP contribution is -2.48. The third kappa shape index (κ3) is 4.24. The Labute approximate surface area is 177 Å². The van der Waals surface area contributed by atoms with Crippen molar-refractivity contribution in [3.8, 4) is 0 Å². The summed E-state index contributed by atoms with van der Waals surface area (Å²) in [5.41, 5.74) is 1.71. The zero-order chi connectivity index (χ0) is 20.3. The minimum Gasteiger partial charge on any atom is -0.371 e. The summed E-state index contributed by atoms with van der Waals surface area (Å²) in [6.45, 7) is 4.40. The van der Waals surface area contributed by atoms with E-state index in [0.717, 1.165) is 52.0 Å². The van der Waals surface area contributed by atoms with Crippen molar-refractivity contribution in [1.29, 1.82) is 0 Å². The van der Waals surface area contributed by atoms with Crippen molar-refractivity contribution in [2.24, 2.45) is 0 Å². The molecule has 0 bridgehead atoms. The van der Waals surface area contributed by atoms with Crippen LogP contribution in [0.1, 0.15) is 41.4 Å². The third-order valence-electron chi connectivity index (χ3n) is 6.63. The molecule has 3 saturated heterocycles. The van der Waals surface area contributed by atoms with Gasteiger partial charge < -0.3 is 15.0 Å². The fourth-order valence-electron chi connectivity index (χ4n) is 5.02. The first-order valence-electron chi connectivity index (χ1n) is 11.0. The first-order valence-corrected chi connectivity index (χ1v) is 11.0. The number of hydrogen-bond donors (Lipinski definition) is 1. The summed E-state index contributed by atoms with van der Waals surface area (Å²) in [7, 11) is 0. The molecule has 1 aromatic carbocycles. The van der Waals surface area contributed by atoms with Crippen molar-refractivity contribution >= 4 is 5.91 Å². The second kappa shape index (κ2) is 8.79. The fraction of sp³-hybridized carbons (Fsp3) is 0.522. The van der Waals surface area contributed by atoms with Gasteiger partial charge in [0.1, 0.15) is 5.69 Å². The summed E-state index contributed by atoms with van der Waals surface area (Å²) < 4.78 is 6.17. The summed E-state index contributed by atoms with van der Waals surface area (Å²) in [6, 6.07) is 12.0. The summed E-state index contributed by atoms with van der Waals surface area (Å²) in [4.78, 5) is 25.2. The number of aromatic nitrogens is 2. The van der Waals surface area contributed by atoms with E-state index in [9.17, 15) is 4.79 Å². The van der Waals surface area contributed by atoms with E-state index in [0.29, 0.717) is 23.8 Å². The molecular formula is C23H29N5O2. The van der Waals surface area contributed by atoms with E-state index in [1.807, 2.05) is 4.90 Å². The van der Waals surface area contributed by atoms with Crippen LogP contribution in [0.3, 0.4) is 0 Å².